The summed E-state index contributed by atoms with van der Waals surface area (Å²) in [7, 11) is 4.17. The monoisotopic (exact) mass is 400 g/mol. The highest BCUT2D eigenvalue weighted by molar-refractivity contribution is 6.00. The Morgan fingerprint density at radius 1 is 1.10 bits per heavy atom. The molecule has 30 heavy (non-hydrogen) atoms. The van der Waals surface area contributed by atoms with E-state index >= 15 is 0 Å². The Labute approximate surface area is 174 Å². The van der Waals surface area contributed by atoms with Crippen LogP contribution in [0, 0.1) is 0 Å². The first kappa shape index (κ1) is 18.4. The van der Waals surface area contributed by atoms with Gasteiger partial charge in [-0.05, 0) is 57.4 Å². The van der Waals surface area contributed by atoms with Gasteiger partial charge in [0.15, 0.2) is 5.82 Å². The summed E-state index contributed by atoms with van der Waals surface area (Å²) in [6.07, 6.45) is 5.08. The predicted molar refractivity (Wildman–Crippen MR) is 119 cm³/mol. The van der Waals surface area contributed by atoms with E-state index in [0.29, 0.717) is 0 Å². The molecule has 0 saturated carbocycles. The van der Waals surface area contributed by atoms with E-state index < -0.39 is 0 Å². The number of rotatable bonds is 6. The van der Waals surface area contributed by atoms with E-state index in [9.17, 15) is 5.11 Å². The quantitative estimate of drug-likeness (QED) is 0.398. The second kappa shape index (κ2) is 7.35. The summed E-state index contributed by atoms with van der Waals surface area (Å²) in [5, 5.41) is 18.6. The lowest BCUT2D eigenvalue weighted by Crippen LogP contribution is -2.14. The molecule has 0 aliphatic rings. The third-order valence-electron chi connectivity index (χ3n) is 5.41. The molecule has 5 aromatic rings. The summed E-state index contributed by atoms with van der Waals surface area (Å²) in [6.45, 7) is 1.92. The maximum Gasteiger partial charge on any atom is 0.159 e. The summed E-state index contributed by atoms with van der Waals surface area (Å²) in [4.78, 5) is 10.3. The number of nitrogens with zero attached hydrogens (tertiary/aromatic N) is 4. The van der Waals surface area contributed by atoms with Crippen molar-refractivity contribution in [2.24, 2.45) is 0 Å². The zero-order valence-electron chi connectivity index (χ0n) is 17.1. The molecule has 2 aromatic carbocycles. The number of aromatic amines is 2. The van der Waals surface area contributed by atoms with E-state index in [1.54, 1.807) is 6.07 Å². The Morgan fingerprint density at radius 2 is 1.97 bits per heavy atom. The molecule has 7 nitrogen and oxygen atoms in total. The van der Waals surface area contributed by atoms with Crippen LogP contribution < -0.4 is 0 Å². The van der Waals surface area contributed by atoms with Crippen LogP contribution in [0.25, 0.3) is 44.6 Å². The minimum atomic E-state index is 0.253. The van der Waals surface area contributed by atoms with Gasteiger partial charge in [-0.25, -0.2) is 4.98 Å². The minimum Gasteiger partial charge on any atom is -0.508 e. The van der Waals surface area contributed by atoms with Crippen LogP contribution >= 0.6 is 0 Å². The van der Waals surface area contributed by atoms with Gasteiger partial charge in [0.05, 0.1) is 11.0 Å². The van der Waals surface area contributed by atoms with Gasteiger partial charge in [-0.3, -0.25) is 5.10 Å². The van der Waals surface area contributed by atoms with Crippen molar-refractivity contribution in [2.75, 3.05) is 20.6 Å². The maximum atomic E-state index is 10.1. The number of hydrogen-bond donors (Lipinski definition) is 3. The lowest BCUT2D eigenvalue weighted by Gasteiger charge is -2.10. The van der Waals surface area contributed by atoms with Crippen LogP contribution in [-0.4, -0.2) is 55.4 Å². The van der Waals surface area contributed by atoms with E-state index in [0.717, 1.165) is 64.1 Å². The molecule has 3 N–H and O–H groups in total. The van der Waals surface area contributed by atoms with E-state index in [4.69, 9.17) is 4.98 Å². The van der Waals surface area contributed by atoms with Gasteiger partial charge in [0.1, 0.15) is 11.4 Å². The number of H-pyrrole nitrogens is 2. The summed E-state index contributed by atoms with van der Waals surface area (Å²) >= 11 is 0. The van der Waals surface area contributed by atoms with Crippen molar-refractivity contribution in [1.82, 2.24) is 29.6 Å². The van der Waals surface area contributed by atoms with Gasteiger partial charge in [0.25, 0.3) is 0 Å². The molecule has 0 spiro atoms. The Kier molecular flexibility index (Phi) is 4.52. The Hall–Kier alpha value is -3.58. The summed E-state index contributed by atoms with van der Waals surface area (Å²) in [5.74, 6) is 0.977. The molecule has 7 heteroatoms. The molecule has 5 rings (SSSR count). The van der Waals surface area contributed by atoms with Crippen LogP contribution in [0.4, 0.5) is 0 Å². The zero-order valence-corrected chi connectivity index (χ0v) is 17.1. The molecule has 0 amide bonds. The molecule has 0 unspecified atom stereocenters. The van der Waals surface area contributed by atoms with Crippen molar-refractivity contribution < 1.29 is 5.11 Å². The average molecular weight is 400 g/mol. The highest BCUT2D eigenvalue weighted by Crippen LogP contribution is 2.37. The average Bonchev–Trinajstić information content (AvgIpc) is 3.43. The Bertz CT molecular complexity index is 1290. The second-order valence-corrected chi connectivity index (χ2v) is 7.84. The fourth-order valence-corrected chi connectivity index (χ4v) is 3.98. The summed E-state index contributed by atoms with van der Waals surface area (Å²) in [5.41, 5.74) is 5.72. The van der Waals surface area contributed by atoms with E-state index in [1.165, 1.54) is 0 Å². The fourth-order valence-electron chi connectivity index (χ4n) is 3.98. The Morgan fingerprint density at radius 3 is 2.80 bits per heavy atom. The van der Waals surface area contributed by atoms with E-state index in [1.807, 2.05) is 42.6 Å². The summed E-state index contributed by atoms with van der Waals surface area (Å²) < 4.78 is 2.25. The number of nitrogens with one attached hydrogen (secondary N) is 2. The summed E-state index contributed by atoms with van der Waals surface area (Å²) in [6, 6.07) is 13.5. The fraction of sp³-hybridized carbons (Fsp3) is 0.217. The van der Waals surface area contributed by atoms with Crippen molar-refractivity contribution >= 4 is 21.9 Å². The number of phenolic OH excluding ortho intramolecular Hbond substituents is 1. The van der Waals surface area contributed by atoms with Crippen molar-refractivity contribution in [1.29, 1.82) is 0 Å². The van der Waals surface area contributed by atoms with Gasteiger partial charge in [-0.2, -0.15) is 5.10 Å². The van der Waals surface area contributed by atoms with E-state index in [-0.39, 0.29) is 5.75 Å². The molecular weight excluding hydrogens is 376 g/mol. The first-order chi connectivity index (χ1) is 14.6. The topological polar surface area (TPSA) is 85.8 Å². The number of para-hydroxylation sites is 2. The molecule has 0 bridgehead atoms. The van der Waals surface area contributed by atoms with Gasteiger partial charge >= 0.3 is 0 Å². The minimum absolute atomic E-state index is 0.253. The number of phenols is 1. The Balaban J connectivity index is 1.62. The van der Waals surface area contributed by atoms with Crippen molar-refractivity contribution in [3.05, 3.63) is 54.9 Å². The van der Waals surface area contributed by atoms with Gasteiger partial charge in [0, 0.05) is 41.0 Å². The van der Waals surface area contributed by atoms with Crippen molar-refractivity contribution in [3.63, 3.8) is 0 Å². The van der Waals surface area contributed by atoms with Crippen LogP contribution in [0.3, 0.4) is 0 Å². The molecule has 0 atom stereocenters. The molecule has 0 aliphatic carbocycles. The first-order valence-corrected chi connectivity index (χ1v) is 10.1. The highest BCUT2D eigenvalue weighted by atomic mass is 16.3. The normalized spacial score (nSPS) is 11.8. The molecule has 152 valence electrons. The molecule has 3 heterocycles. The van der Waals surface area contributed by atoms with Crippen molar-refractivity contribution in [2.45, 2.75) is 13.0 Å². The van der Waals surface area contributed by atoms with Crippen LogP contribution in [0.5, 0.6) is 5.75 Å². The zero-order chi connectivity index (χ0) is 20.7. The van der Waals surface area contributed by atoms with E-state index in [2.05, 4.69) is 44.9 Å². The van der Waals surface area contributed by atoms with Gasteiger partial charge in [-0.15, -0.1) is 0 Å². The lowest BCUT2D eigenvalue weighted by atomic mass is 10.1. The highest BCUT2D eigenvalue weighted by Gasteiger charge is 2.19. The molecular formula is C23H24N6O. The number of aryl methyl sites for hydroxylation is 1. The molecule has 3 aromatic heterocycles. The number of aromatic nitrogens is 5. The second-order valence-electron chi connectivity index (χ2n) is 7.84. The van der Waals surface area contributed by atoms with Gasteiger partial charge < -0.3 is 19.6 Å². The van der Waals surface area contributed by atoms with Gasteiger partial charge in [-0.1, -0.05) is 12.1 Å². The van der Waals surface area contributed by atoms with Crippen LogP contribution in [0.2, 0.25) is 0 Å². The number of imidazole rings is 1. The third kappa shape index (κ3) is 3.23. The molecule has 0 saturated heterocycles. The van der Waals surface area contributed by atoms with Crippen LogP contribution in [-0.2, 0) is 6.54 Å². The smallest absolute Gasteiger partial charge is 0.159 e. The largest absolute Gasteiger partial charge is 0.508 e. The first-order valence-electron chi connectivity index (χ1n) is 10.1. The molecule has 0 fully saturated rings. The van der Waals surface area contributed by atoms with Crippen molar-refractivity contribution in [3.8, 4) is 28.4 Å². The maximum absolute atomic E-state index is 10.1. The number of aromatic hydroxyl groups is 1. The number of hydrogen-bond acceptors (Lipinski definition) is 4. The van der Waals surface area contributed by atoms with Crippen LogP contribution in [0.15, 0.2) is 54.9 Å². The molecule has 0 aliphatic heterocycles. The SMILES string of the molecule is CN(C)CCCn1cc(-c2c[nH]nc2-c2nc3ccccc3[nH]2)c2cc(O)ccc21. The number of benzene rings is 2. The third-order valence-corrected chi connectivity index (χ3v) is 5.41. The number of fused-ring (bicyclic) bond motifs is 2. The van der Waals surface area contributed by atoms with Gasteiger partial charge in [0.2, 0.25) is 0 Å². The predicted octanol–water partition coefficient (Wildman–Crippen LogP) is 4.23. The standard InChI is InChI=1S/C23H24N6O/c1-28(2)10-5-11-29-14-18(16-12-15(30)8-9-21(16)29)17-13-24-27-22(17)23-25-19-6-3-4-7-20(19)26-23/h3-4,6-9,12-14,30H,5,10-11H2,1-2H3,(H,24,27)(H,25,26). The van der Waals surface area contributed by atoms with Crippen LogP contribution in [0.1, 0.15) is 6.42 Å². The lowest BCUT2D eigenvalue weighted by molar-refractivity contribution is 0.388. The molecule has 0 radical (unpaired) electrons.